The molecule has 0 aliphatic carbocycles. The molecule has 0 spiro atoms. The lowest BCUT2D eigenvalue weighted by Crippen LogP contribution is -2.22. The molecule has 1 N–H and O–H groups in total. The number of carbonyl (C=O) groups is 1. The average Bonchev–Trinajstić information content (AvgIpc) is 2.50. The molecule has 0 aliphatic heterocycles. The fourth-order valence-electron chi connectivity index (χ4n) is 1.74. The monoisotopic (exact) mass is 340 g/mol. The molecule has 0 saturated heterocycles. The SMILES string of the molecule is COc1ccc(Nc2nc(Cl)ncc2Cl)c(C(=O)N(C)C)c1. The standard InChI is InChI=1S/C14H14Cl2N4O2/c1-20(2)13(21)9-6-8(22-3)4-5-11(9)18-12-10(15)7-17-14(16)19-12/h4-7H,1-3H3,(H,17,18,19). The van der Waals surface area contributed by atoms with Gasteiger partial charge in [-0.25, -0.2) is 4.98 Å². The highest BCUT2D eigenvalue weighted by atomic mass is 35.5. The number of hydrogen-bond acceptors (Lipinski definition) is 5. The number of anilines is 2. The molecule has 22 heavy (non-hydrogen) atoms. The van der Waals surface area contributed by atoms with Crippen LogP contribution < -0.4 is 10.1 Å². The summed E-state index contributed by atoms with van der Waals surface area (Å²) in [6.45, 7) is 0. The number of hydrogen-bond donors (Lipinski definition) is 1. The van der Waals surface area contributed by atoms with Crippen LogP contribution in [0.3, 0.4) is 0 Å². The third kappa shape index (κ3) is 3.58. The lowest BCUT2D eigenvalue weighted by Gasteiger charge is -2.16. The quantitative estimate of drug-likeness (QED) is 0.865. The smallest absolute Gasteiger partial charge is 0.255 e. The third-order valence-corrected chi connectivity index (χ3v) is 3.29. The van der Waals surface area contributed by atoms with E-state index in [1.807, 2.05) is 0 Å². The zero-order valence-electron chi connectivity index (χ0n) is 12.2. The summed E-state index contributed by atoms with van der Waals surface area (Å²) in [4.78, 5) is 21.6. The second-order valence-electron chi connectivity index (χ2n) is 4.57. The van der Waals surface area contributed by atoms with Crippen molar-refractivity contribution in [1.29, 1.82) is 0 Å². The zero-order valence-corrected chi connectivity index (χ0v) is 13.7. The van der Waals surface area contributed by atoms with Crippen molar-refractivity contribution < 1.29 is 9.53 Å². The molecule has 0 unspecified atom stereocenters. The minimum atomic E-state index is -0.183. The highest BCUT2D eigenvalue weighted by molar-refractivity contribution is 6.33. The summed E-state index contributed by atoms with van der Waals surface area (Å²) in [6.07, 6.45) is 1.39. The molecule has 0 atom stereocenters. The number of nitrogens with one attached hydrogen (secondary N) is 1. The molecule has 0 aliphatic rings. The Hall–Kier alpha value is -2.05. The Balaban J connectivity index is 2.46. The largest absolute Gasteiger partial charge is 0.497 e. The first-order chi connectivity index (χ1) is 10.4. The van der Waals surface area contributed by atoms with Crippen molar-refractivity contribution in [2.24, 2.45) is 0 Å². The molecule has 6 nitrogen and oxygen atoms in total. The first-order valence-corrected chi connectivity index (χ1v) is 7.02. The first-order valence-electron chi connectivity index (χ1n) is 6.27. The Morgan fingerprint density at radius 3 is 2.68 bits per heavy atom. The predicted molar refractivity (Wildman–Crippen MR) is 86.3 cm³/mol. The van der Waals surface area contributed by atoms with E-state index in [2.05, 4.69) is 15.3 Å². The Labute approximate surface area is 138 Å². The number of methoxy groups -OCH3 is 1. The van der Waals surface area contributed by atoms with Gasteiger partial charge in [0.05, 0.1) is 24.6 Å². The predicted octanol–water partition coefficient (Wildman–Crippen LogP) is 3.24. The highest BCUT2D eigenvalue weighted by Gasteiger charge is 2.16. The van der Waals surface area contributed by atoms with E-state index in [0.29, 0.717) is 27.8 Å². The number of rotatable bonds is 4. The van der Waals surface area contributed by atoms with Crippen molar-refractivity contribution in [3.05, 3.63) is 40.3 Å². The number of carbonyl (C=O) groups excluding carboxylic acids is 1. The van der Waals surface area contributed by atoms with Crippen molar-refractivity contribution in [2.75, 3.05) is 26.5 Å². The average molecular weight is 341 g/mol. The van der Waals surface area contributed by atoms with E-state index in [1.54, 1.807) is 32.3 Å². The van der Waals surface area contributed by atoms with Crippen molar-refractivity contribution in [1.82, 2.24) is 14.9 Å². The molecule has 1 heterocycles. The van der Waals surface area contributed by atoms with E-state index < -0.39 is 0 Å². The molecule has 0 saturated carbocycles. The second-order valence-corrected chi connectivity index (χ2v) is 5.32. The molecule has 2 rings (SSSR count). The van der Waals surface area contributed by atoms with E-state index in [0.717, 1.165) is 0 Å². The van der Waals surface area contributed by atoms with Crippen LogP contribution in [0.5, 0.6) is 5.75 Å². The number of halogens is 2. The number of aromatic nitrogens is 2. The van der Waals surface area contributed by atoms with Crippen LogP contribution in [-0.2, 0) is 0 Å². The fraction of sp³-hybridized carbons (Fsp3) is 0.214. The van der Waals surface area contributed by atoms with Gasteiger partial charge in [0.25, 0.3) is 5.91 Å². The molecule has 0 bridgehead atoms. The summed E-state index contributed by atoms with van der Waals surface area (Å²) in [6, 6.07) is 5.08. The van der Waals surface area contributed by atoms with Gasteiger partial charge in [0.2, 0.25) is 5.28 Å². The summed E-state index contributed by atoms with van der Waals surface area (Å²) in [7, 11) is 4.87. The van der Waals surface area contributed by atoms with Crippen LogP contribution in [0.15, 0.2) is 24.4 Å². The van der Waals surface area contributed by atoms with E-state index in [9.17, 15) is 4.79 Å². The normalized spacial score (nSPS) is 10.2. The number of ether oxygens (including phenoxy) is 1. The molecular weight excluding hydrogens is 327 g/mol. The van der Waals surface area contributed by atoms with Crippen molar-refractivity contribution >= 4 is 40.6 Å². The van der Waals surface area contributed by atoms with Gasteiger partial charge in [-0.05, 0) is 29.8 Å². The maximum atomic E-state index is 12.3. The van der Waals surface area contributed by atoms with Gasteiger partial charge in [0.15, 0.2) is 5.82 Å². The summed E-state index contributed by atoms with van der Waals surface area (Å²) in [5, 5.41) is 3.35. The molecule has 1 aromatic carbocycles. The van der Waals surface area contributed by atoms with Gasteiger partial charge in [-0.2, -0.15) is 4.98 Å². The molecule has 116 valence electrons. The number of amides is 1. The molecule has 8 heteroatoms. The van der Waals surface area contributed by atoms with Crippen LogP contribution in [-0.4, -0.2) is 42.0 Å². The van der Waals surface area contributed by atoms with Crippen LogP contribution in [0.1, 0.15) is 10.4 Å². The van der Waals surface area contributed by atoms with E-state index in [4.69, 9.17) is 27.9 Å². The minimum Gasteiger partial charge on any atom is -0.497 e. The molecule has 1 amide bonds. The van der Waals surface area contributed by atoms with Gasteiger partial charge in [-0.15, -0.1) is 0 Å². The molecule has 0 fully saturated rings. The lowest BCUT2D eigenvalue weighted by molar-refractivity contribution is 0.0828. The van der Waals surface area contributed by atoms with E-state index in [1.165, 1.54) is 18.2 Å². The number of nitrogens with zero attached hydrogens (tertiary/aromatic N) is 3. The lowest BCUT2D eigenvalue weighted by atomic mass is 10.1. The van der Waals surface area contributed by atoms with E-state index in [-0.39, 0.29) is 11.2 Å². The Morgan fingerprint density at radius 1 is 1.32 bits per heavy atom. The summed E-state index contributed by atoms with van der Waals surface area (Å²) < 4.78 is 5.16. The van der Waals surface area contributed by atoms with Gasteiger partial charge in [-0.1, -0.05) is 11.6 Å². The van der Waals surface area contributed by atoms with Crippen molar-refractivity contribution in [2.45, 2.75) is 0 Å². The van der Waals surface area contributed by atoms with Crippen LogP contribution >= 0.6 is 23.2 Å². The van der Waals surface area contributed by atoms with Crippen molar-refractivity contribution in [3.8, 4) is 5.75 Å². The van der Waals surface area contributed by atoms with Crippen LogP contribution in [0, 0.1) is 0 Å². The van der Waals surface area contributed by atoms with E-state index >= 15 is 0 Å². The maximum absolute atomic E-state index is 12.3. The first kappa shape index (κ1) is 16.3. The van der Waals surface area contributed by atoms with Crippen LogP contribution in [0.25, 0.3) is 0 Å². The molecule has 0 radical (unpaired) electrons. The van der Waals surface area contributed by atoms with Crippen LogP contribution in [0.2, 0.25) is 10.3 Å². The fourth-order valence-corrected chi connectivity index (χ4v) is 2.01. The molecule has 2 aromatic rings. The van der Waals surface area contributed by atoms with Crippen molar-refractivity contribution in [3.63, 3.8) is 0 Å². The Morgan fingerprint density at radius 2 is 2.05 bits per heavy atom. The summed E-state index contributed by atoms with van der Waals surface area (Å²) in [5.74, 6) is 0.708. The maximum Gasteiger partial charge on any atom is 0.255 e. The molecular formula is C14H14Cl2N4O2. The highest BCUT2D eigenvalue weighted by Crippen LogP contribution is 2.29. The number of benzene rings is 1. The van der Waals surface area contributed by atoms with Gasteiger partial charge >= 0.3 is 0 Å². The second kappa shape index (κ2) is 6.81. The Bertz CT molecular complexity index is 707. The summed E-state index contributed by atoms with van der Waals surface area (Å²) >= 11 is 11.8. The summed E-state index contributed by atoms with van der Waals surface area (Å²) in [5.41, 5.74) is 0.964. The topological polar surface area (TPSA) is 67.3 Å². The zero-order chi connectivity index (χ0) is 16.3. The van der Waals surface area contributed by atoms with Gasteiger partial charge < -0.3 is 15.0 Å². The third-order valence-electron chi connectivity index (χ3n) is 2.83. The minimum absolute atomic E-state index is 0.0564. The van der Waals surface area contributed by atoms with Gasteiger partial charge in [0, 0.05) is 14.1 Å². The van der Waals surface area contributed by atoms with Crippen LogP contribution in [0.4, 0.5) is 11.5 Å². The Kier molecular flexibility index (Phi) is 5.05. The molecule has 1 aromatic heterocycles. The van der Waals surface area contributed by atoms with Gasteiger partial charge in [0.1, 0.15) is 10.8 Å². The van der Waals surface area contributed by atoms with Gasteiger partial charge in [-0.3, -0.25) is 4.79 Å².